The van der Waals surface area contributed by atoms with Crippen LogP contribution in [-0.2, 0) is 22.8 Å². The Labute approximate surface area is 299 Å². The fraction of sp³-hybridized carbons (Fsp3) is 0.697. The summed E-state index contributed by atoms with van der Waals surface area (Å²) in [6, 6.07) is 6.02. The van der Waals surface area contributed by atoms with Crippen molar-refractivity contribution in [2.24, 2.45) is 16.9 Å². The van der Waals surface area contributed by atoms with Gasteiger partial charge < -0.3 is 22.8 Å². The number of epoxide rings is 1. The molecule has 1 aromatic heterocycles. The second-order valence-electron chi connectivity index (χ2n) is 16.5. The van der Waals surface area contributed by atoms with E-state index in [1.54, 1.807) is 12.1 Å². The van der Waals surface area contributed by atoms with Gasteiger partial charge in [0.1, 0.15) is 6.33 Å². The van der Waals surface area contributed by atoms with Gasteiger partial charge in [-0.25, -0.2) is 0 Å². The zero-order valence-corrected chi connectivity index (χ0v) is 34.7. The van der Waals surface area contributed by atoms with E-state index >= 15 is 0 Å². The normalized spacial score (nSPS) is 26.4. The van der Waals surface area contributed by atoms with Crippen LogP contribution in [-0.4, -0.2) is 99.1 Å². The number of benzene rings is 1. The highest BCUT2D eigenvalue weighted by molar-refractivity contribution is 6.70. The lowest BCUT2D eigenvalue weighted by Gasteiger charge is -2.47. The van der Waals surface area contributed by atoms with Crippen LogP contribution in [0.2, 0.25) is 58.9 Å². The summed E-state index contributed by atoms with van der Waals surface area (Å²) in [7, 11) is -5.67. The van der Waals surface area contributed by atoms with Gasteiger partial charge in [0.05, 0.1) is 47.7 Å². The van der Waals surface area contributed by atoms with Crippen LogP contribution >= 0.6 is 0 Å². The zero-order valence-electron chi connectivity index (χ0n) is 31.7. The van der Waals surface area contributed by atoms with Gasteiger partial charge in [-0.15, -0.1) is 5.10 Å². The molecule has 2 aliphatic rings. The van der Waals surface area contributed by atoms with Gasteiger partial charge >= 0.3 is 0 Å². The minimum atomic E-state index is -2.03. The average molecular weight is 748 g/mol. The molecule has 0 amide bonds. The molecule has 4 rings (SSSR count). The summed E-state index contributed by atoms with van der Waals surface area (Å²) in [5, 5.41) is 27.2. The molecule has 50 heavy (non-hydrogen) atoms. The first-order chi connectivity index (χ1) is 23.2. The third-order valence-corrected chi connectivity index (χ3v) is 11.5. The van der Waals surface area contributed by atoms with E-state index in [0.717, 1.165) is 12.0 Å². The maximum atomic E-state index is 11.1. The van der Waals surface area contributed by atoms with Gasteiger partial charge in [-0.2, -0.15) is 9.78 Å². The molecule has 0 spiro atoms. The lowest BCUT2D eigenvalue weighted by atomic mass is 9.85. The minimum absolute atomic E-state index is 0.00196. The van der Waals surface area contributed by atoms with Gasteiger partial charge in [0, 0.05) is 30.1 Å². The van der Waals surface area contributed by atoms with Crippen LogP contribution in [0.3, 0.4) is 0 Å². The van der Waals surface area contributed by atoms with Gasteiger partial charge in [-0.05, 0) is 114 Å². The first-order valence-electron chi connectivity index (χ1n) is 17.5. The Morgan fingerprint density at radius 1 is 1.04 bits per heavy atom. The number of hydrazone groups is 1. The van der Waals surface area contributed by atoms with Crippen molar-refractivity contribution in [3.8, 4) is 0 Å². The van der Waals surface area contributed by atoms with Crippen molar-refractivity contribution >= 4 is 42.2 Å². The van der Waals surface area contributed by atoms with Gasteiger partial charge in [-0.1, -0.05) is 12.5 Å². The number of nitrogens with one attached hydrogen (secondary N) is 1. The molecule has 8 atom stereocenters. The van der Waals surface area contributed by atoms with Gasteiger partial charge in [-0.3, -0.25) is 15.5 Å². The third kappa shape index (κ3) is 12.2. The van der Waals surface area contributed by atoms with Crippen molar-refractivity contribution in [3.05, 3.63) is 52.4 Å². The summed E-state index contributed by atoms with van der Waals surface area (Å²) in [5.74, 6) is 0.867. The summed E-state index contributed by atoms with van der Waals surface area (Å²) in [6.45, 7) is 27.0. The van der Waals surface area contributed by atoms with E-state index in [2.05, 4.69) is 98.8 Å². The van der Waals surface area contributed by atoms with E-state index in [9.17, 15) is 10.1 Å². The number of nitro groups is 1. The number of non-ortho nitro benzene ring substituents is 1. The monoisotopic (exact) mass is 747 g/mol. The SMILES string of the molecule is C/C(=C\C(=N\Nc1ccc([N+](=O)[O-])cc1)n1cnnn1)C[C@@H]1OC[C@H](C[C@@H]2O[C@H]2[C@@H](C)[C@H](C)O[Si](C)(C)C)[C@@H](O[Si](C)(C)C)[C@H]1O[Si](C)(C)C. The lowest BCUT2D eigenvalue weighted by molar-refractivity contribution is -0.384. The largest absolute Gasteiger partial charge is 0.415 e. The van der Waals surface area contributed by atoms with Crippen molar-refractivity contribution in [1.82, 2.24) is 20.2 Å². The van der Waals surface area contributed by atoms with Crippen LogP contribution in [0.5, 0.6) is 0 Å². The van der Waals surface area contributed by atoms with Crippen molar-refractivity contribution < 1.29 is 27.7 Å². The van der Waals surface area contributed by atoms with E-state index in [1.165, 1.54) is 23.1 Å². The number of ether oxygens (including phenoxy) is 2. The fourth-order valence-corrected chi connectivity index (χ4v) is 9.82. The van der Waals surface area contributed by atoms with Crippen LogP contribution < -0.4 is 5.43 Å². The van der Waals surface area contributed by atoms with Crippen LogP contribution in [0, 0.1) is 22.0 Å². The van der Waals surface area contributed by atoms with Gasteiger partial charge in [0.2, 0.25) is 0 Å². The van der Waals surface area contributed by atoms with E-state index in [1.807, 2.05) is 13.0 Å². The van der Waals surface area contributed by atoms with E-state index in [4.69, 9.17) is 22.8 Å². The third-order valence-electron chi connectivity index (χ3n) is 8.47. The Hall–Kier alpha value is -2.65. The molecular weight excluding hydrogens is 691 g/mol. The first-order valence-corrected chi connectivity index (χ1v) is 27.7. The number of allylic oxidation sites excluding steroid dienone is 1. The second kappa shape index (κ2) is 16.4. The molecule has 2 fully saturated rings. The fourth-order valence-electron chi connectivity index (χ4n) is 6.25. The molecule has 0 unspecified atom stereocenters. The number of nitro benzene ring substituents is 1. The summed E-state index contributed by atoms with van der Waals surface area (Å²) in [5.41, 5.74) is 4.53. The zero-order chi connectivity index (χ0) is 37.0. The molecule has 1 N–H and O–H groups in total. The van der Waals surface area contributed by atoms with Crippen LogP contribution in [0.1, 0.15) is 33.6 Å². The molecule has 0 saturated carbocycles. The highest BCUT2D eigenvalue weighted by atomic mass is 28.4. The number of anilines is 1. The topological polar surface area (TPSA) is 161 Å². The Bertz CT molecular complexity index is 1470. The Balaban J connectivity index is 1.54. The number of aromatic nitrogens is 4. The molecule has 2 saturated heterocycles. The molecule has 2 aliphatic heterocycles. The number of nitrogens with zero attached hydrogens (tertiary/aromatic N) is 6. The highest BCUT2D eigenvalue weighted by Crippen LogP contribution is 2.41. The molecular formula is C33H57N7O7Si3. The van der Waals surface area contributed by atoms with Crippen molar-refractivity contribution in [2.75, 3.05) is 12.0 Å². The smallest absolute Gasteiger partial charge is 0.269 e. The van der Waals surface area contributed by atoms with Gasteiger partial charge in [0.15, 0.2) is 30.8 Å². The Morgan fingerprint density at radius 2 is 1.68 bits per heavy atom. The molecule has 2 aromatic rings. The predicted molar refractivity (Wildman–Crippen MR) is 202 cm³/mol. The molecule has 0 bridgehead atoms. The molecule has 278 valence electrons. The molecule has 14 nitrogen and oxygen atoms in total. The Morgan fingerprint density at radius 3 is 2.24 bits per heavy atom. The first kappa shape index (κ1) is 40.1. The highest BCUT2D eigenvalue weighted by Gasteiger charge is 2.51. The predicted octanol–water partition coefficient (Wildman–Crippen LogP) is 6.68. The lowest BCUT2D eigenvalue weighted by Crippen LogP contribution is -2.58. The summed E-state index contributed by atoms with van der Waals surface area (Å²) < 4.78 is 34.8. The van der Waals surface area contributed by atoms with Crippen LogP contribution in [0.25, 0.3) is 0 Å². The van der Waals surface area contributed by atoms with E-state index < -0.39 is 29.9 Å². The van der Waals surface area contributed by atoms with Gasteiger partial charge in [0.25, 0.3) is 5.69 Å². The van der Waals surface area contributed by atoms with Crippen LogP contribution in [0.15, 0.2) is 47.3 Å². The number of hydrogen-bond acceptors (Lipinski definition) is 12. The van der Waals surface area contributed by atoms with Crippen LogP contribution in [0.4, 0.5) is 11.4 Å². The summed E-state index contributed by atoms with van der Waals surface area (Å²) in [4.78, 5) is 10.6. The number of hydrogen-bond donors (Lipinski definition) is 1. The summed E-state index contributed by atoms with van der Waals surface area (Å²) in [6.07, 6.45) is 4.60. The van der Waals surface area contributed by atoms with Crippen molar-refractivity contribution in [3.63, 3.8) is 0 Å². The molecule has 0 aliphatic carbocycles. The standard InChI is InChI=1S/C33H57N7O7Si3/c1-22(18-30(39-21-34-37-38-39)36-35-26-13-15-27(16-14-26)40(41)42)17-28-33(47-50(10,11)12)32(46-49(7,8)9)25(20-43-28)19-29-31(44-29)23(2)24(3)45-48(4,5)6/h13-16,18,21,23-25,28-29,31-33,35H,17,19-20H2,1-12H3/b22-18+,36-30-/t23-,24-,25-,28-,29-,31-,32+,33-/m0/s1. The number of tetrazole rings is 1. The summed E-state index contributed by atoms with van der Waals surface area (Å²) >= 11 is 0. The average Bonchev–Trinajstić information content (AvgIpc) is 3.53. The van der Waals surface area contributed by atoms with Crippen molar-refractivity contribution in [1.29, 1.82) is 0 Å². The molecule has 1 aromatic carbocycles. The molecule has 0 radical (unpaired) electrons. The maximum Gasteiger partial charge on any atom is 0.269 e. The Kier molecular flexibility index (Phi) is 13.1. The minimum Gasteiger partial charge on any atom is -0.415 e. The van der Waals surface area contributed by atoms with E-state index in [-0.39, 0.29) is 48.2 Å². The second-order valence-corrected chi connectivity index (χ2v) is 29.9. The molecule has 17 heteroatoms. The maximum absolute atomic E-state index is 11.1. The van der Waals surface area contributed by atoms with E-state index in [0.29, 0.717) is 30.5 Å². The quantitative estimate of drug-likeness (QED) is 0.0487. The molecule has 3 heterocycles. The number of rotatable bonds is 16. The van der Waals surface area contributed by atoms with Crippen molar-refractivity contribution in [2.45, 2.75) is 129 Å².